The third-order valence-electron chi connectivity index (χ3n) is 4.54. The second-order valence-corrected chi connectivity index (χ2v) is 7.55. The standard InChI is InChI=1S/C22H25NO5S/c1-4-27-16-11-9-14(13-17(16)28-5-2)10-12-19(24)23-21-20(22(25)26-3)15-7-6-8-18(15)29-21/h9-13H,4-8H2,1-3H3,(H,23,24). The van der Waals surface area contributed by atoms with Crippen LogP contribution in [0, 0.1) is 0 Å². The number of hydrogen-bond donors (Lipinski definition) is 1. The van der Waals surface area contributed by atoms with Gasteiger partial charge in [-0.15, -0.1) is 11.3 Å². The van der Waals surface area contributed by atoms with Gasteiger partial charge in [-0.25, -0.2) is 4.79 Å². The number of rotatable bonds is 8. The quantitative estimate of drug-likeness (QED) is 0.509. The van der Waals surface area contributed by atoms with E-state index >= 15 is 0 Å². The van der Waals surface area contributed by atoms with Crippen molar-refractivity contribution in [3.63, 3.8) is 0 Å². The van der Waals surface area contributed by atoms with E-state index < -0.39 is 5.97 Å². The van der Waals surface area contributed by atoms with Crippen LogP contribution in [0.1, 0.15) is 46.6 Å². The van der Waals surface area contributed by atoms with Crippen molar-refractivity contribution in [2.24, 2.45) is 0 Å². The molecule has 2 aromatic rings. The molecule has 6 nitrogen and oxygen atoms in total. The molecule has 29 heavy (non-hydrogen) atoms. The zero-order valence-corrected chi connectivity index (χ0v) is 17.7. The summed E-state index contributed by atoms with van der Waals surface area (Å²) in [6.07, 6.45) is 5.94. The van der Waals surface area contributed by atoms with Crippen molar-refractivity contribution in [3.8, 4) is 11.5 Å². The van der Waals surface area contributed by atoms with E-state index in [1.807, 2.05) is 32.0 Å². The molecule has 0 atom stereocenters. The van der Waals surface area contributed by atoms with E-state index in [4.69, 9.17) is 14.2 Å². The van der Waals surface area contributed by atoms with Crippen LogP contribution in [-0.2, 0) is 22.4 Å². The molecule has 1 amide bonds. The fourth-order valence-corrected chi connectivity index (χ4v) is 4.59. The molecule has 0 fully saturated rings. The molecule has 1 aliphatic rings. The molecule has 0 spiro atoms. The van der Waals surface area contributed by atoms with Crippen molar-refractivity contribution in [2.45, 2.75) is 33.1 Å². The molecule has 1 heterocycles. The lowest BCUT2D eigenvalue weighted by atomic mass is 10.1. The Morgan fingerprint density at radius 3 is 2.62 bits per heavy atom. The second kappa shape index (κ2) is 9.60. The van der Waals surface area contributed by atoms with E-state index in [0.717, 1.165) is 35.3 Å². The van der Waals surface area contributed by atoms with Gasteiger partial charge in [-0.2, -0.15) is 0 Å². The molecule has 1 aromatic heterocycles. The third kappa shape index (κ3) is 4.79. The molecule has 1 aliphatic carbocycles. The molecular formula is C22H25NO5S. The van der Waals surface area contributed by atoms with Crippen LogP contribution in [0.15, 0.2) is 24.3 Å². The summed E-state index contributed by atoms with van der Waals surface area (Å²) in [4.78, 5) is 25.8. The summed E-state index contributed by atoms with van der Waals surface area (Å²) in [5, 5.41) is 3.39. The van der Waals surface area contributed by atoms with Gasteiger partial charge in [0.15, 0.2) is 11.5 Å². The van der Waals surface area contributed by atoms with Gasteiger partial charge in [0.1, 0.15) is 5.00 Å². The lowest BCUT2D eigenvalue weighted by Crippen LogP contribution is -2.12. The highest BCUT2D eigenvalue weighted by molar-refractivity contribution is 7.17. The predicted octanol–water partition coefficient (Wildman–Crippen LogP) is 4.47. The second-order valence-electron chi connectivity index (χ2n) is 6.45. The summed E-state index contributed by atoms with van der Waals surface area (Å²) in [5.74, 6) is 0.602. The normalized spacial score (nSPS) is 12.7. The highest BCUT2D eigenvalue weighted by Gasteiger charge is 2.27. The zero-order valence-electron chi connectivity index (χ0n) is 16.9. The van der Waals surface area contributed by atoms with E-state index in [9.17, 15) is 9.59 Å². The Hall–Kier alpha value is -2.80. The first kappa shape index (κ1) is 20.9. The third-order valence-corrected chi connectivity index (χ3v) is 5.75. The van der Waals surface area contributed by atoms with Crippen molar-refractivity contribution in [3.05, 3.63) is 45.8 Å². The molecule has 0 saturated carbocycles. The van der Waals surface area contributed by atoms with Crippen LogP contribution < -0.4 is 14.8 Å². The number of hydrogen-bond acceptors (Lipinski definition) is 6. The number of esters is 1. The van der Waals surface area contributed by atoms with Crippen molar-refractivity contribution in [1.82, 2.24) is 0 Å². The maximum absolute atomic E-state index is 12.5. The Kier molecular flexibility index (Phi) is 6.93. The first-order valence-electron chi connectivity index (χ1n) is 9.68. The van der Waals surface area contributed by atoms with Crippen molar-refractivity contribution >= 4 is 34.3 Å². The van der Waals surface area contributed by atoms with Gasteiger partial charge in [-0.1, -0.05) is 6.07 Å². The van der Waals surface area contributed by atoms with Crippen LogP contribution in [0.5, 0.6) is 11.5 Å². The maximum atomic E-state index is 12.5. The van der Waals surface area contributed by atoms with Gasteiger partial charge in [-0.3, -0.25) is 4.79 Å². The molecule has 1 N–H and O–H groups in total. The monoisotopic (exact) mass is 415 g/mol. The van der Waals surface area contributed by atoms with E-state index in [0.29, 0.717) is 35.3 Å². The Labute approximate surface area is 174 Å². The SMILES string of the molecule is CCOc1ccc(C=CC(=O)Nc2sc3c(c2C(=O)OC)CCC3)cc1OCC. The number of fused-ring (bicyclic) bond motifs is 1. The number of thiophene rings is 1. The number of methoxy groups -OCH3 is 1. The summed E-state index contributed by atoms with van der Waals surface area (Å²) < 4.78 is 16.1. The van der Waals surface area contributed by atoms with E-state index in [1.165, 1.54) is 24.5 Å². The Balaban J connectivity index is 1.75. The Bertz CT molecular complexity index is 932. The van der Waals surface area contributed by atoms with Gasteiger partial charge >= 0.3 is 5.97 Å². The lowest BCUT2D eigenvalue weighted by molar-refractivity contribution is -0.111. The number of carbonyl (C=O) groups is 2. The number of carbonyl (C=O) groups excluding carboxylic acids is 2. The van der Waals surface area contributed by atoms with Gasteiger partial charge in [0.05, 0.1) is 25.9 Å². The van der Waals surface area contributed by atoms with Crippen molar-refractivity contribution in [1.29, 1.82) is 0 Å². The van der Waals surface area contributed by atoms with E-state index in [2.05, 4.69) is 5.32 Å². The Morgan fingerprint density at radius 1 is 1.14 bits per heavy atom. The average Bonchev–Trinajstić information content (AvgIpc) is 3.28. The molecule has 0 unspecified atom stereocenters. The van der Waals surface area contributed by atoms with Crippen LogP contribution >= 0.6 is 11.3 Å². The van der Waals surface area contributed by atoms with Gasteiger partial charge < -0.3 is 19.5 Å². The predicted molar refractivity (Wildman–Crippen MR) is 114 cm³/mol. The molecular weight excluding hydrogens is 390 g/mol. The van der Waals surface area contributed by atoms with Crippen LogP contribution in [0.2, 0.25) is 0 Å². The number of aryl methyl sites for hydroxylation is 1. The topological polar surface area (TPSA) is 73.9 Å². The van der Waals surface area contributed by atoms with E-state index in [-0.39, 0.29) is 5.91 Å². The molecule has 0 bridgehead atoms. The van der Waals surface area contributed by atoms with Crippen LogP contribution in [-0.4, -0.2) is 32.2 Å². The maximum Gasteiger partial charge on any atom is 0.341 e. The fraction of sp³-hybridized carbons (Fsp3) is 0.364. The molecule has 1 aromatic carbocycles. The smallest absolute Gasteiger partial charge is 0.341 e. The number of benzene rings is 1. The number of ether oxygens (including phenoxy) is 3. The minimum absolute atomic E-state index is 0.304. The fourth-order valence-electron chi connectivity index (χ4n) is 3.31. The van der Waals surface area contributed by atoms with Crippen LogP contribution in [0.3, 0.4) is 0 Å². The lowest BCUT2D eigenvalue weighted by Gasteiger charge is -2.11. The van der Waals surface area contributed by atoms with Crippen LogP contribution in [0.4, 0.5) is 5.00 Å². The number of nitrogens with one attached hydrogen (secondary N) is 1. The average molecular weight is 416 g/mol. The molecule has 3 rings (SSSR count). The Morgan fingerprint density at radius 2 is 1.90 bits per heavy atom. The first-order valence-corrected chi connectivity index (χ1v) is 10.5. The first-order chi connectivity index (χ1) is 14.1. The van der Waals surface area contributed by atoms with Gasteiger partial charge in [0, 0.05) is 11.0 Å². The number of anilines is 1. The van der Waals surface area contributed by atoms with Gasteiger partial charge in [-0.05, 0) is 62.4 Å². The summed E-state index contributed by atoms with van der Waals surface area (Å²) >= 11 is 1.46. The van der Waals surface area contributed by atoms with Crippen molar-refractivity contribution in [2.75, 3.05) is 25.6 Å². The largest absolute Gasteiger partial charge is 0.490 e. The molecule has 7 heteroatoms. The highest BCUT2D eigenvalue weighted by atomic mass is 32.1. The minimum Gasteiger partial charge on any atom is -0.490 e. The van der Waals surface area contributed by atoms with Gasteiger partial charge in [0.2, 0.25) is 5.91 Å². The van der Waals surface area contributed by atoms with Crippen molar-refractivity contribution < 1.29 is 23.8 Å². The molecule has 0 saturated heterocycles. The number of amides is 1. The van der Waals surface area contributed by atoms with Crippen LogP contribution in [0.25, 0.3) is 6.08 Å². The summed E-state index contributed by atoms with van der Waals surface area (Å²) in [5.41, 5.74) is 2.31. The van der Waals surface area contributed by atoms with E-state index in [1.54, 1.807) is 6.08 Å². The summed E-state index contributed by atoms with van der Waals surface area (Å²) in [6.45, 7) is 4.89. The minimum atomic E-state index is -0.406. The molecule has 0 radical (unpaired) electrons. The summed E-state index contributed by atoms with van der Waals surface area (Å²) in [7, 11) is 1.36. The van der Waals surface area contributed by atoms with Gasteiger partial charge in [0.25, 0.3) is 0 Å². The molecule has 0 aliphatic heterocycles. The molecule has 154 valence electrons. The highest BCUT2D eigenvalue weighted by Crippen LogP contribution is 2.39. The summed E-state index contributed by atoms with van der Waals surface area (Å²) in [6, 6.07) is 5.51. The zero-order chi connectivity index (χ0) is 20.8.